The van der Waals surface area contributed by atoms with E-state index in [1.807, 2.05) is 11.4 Å². The van der Waals surface area contributed by atoms with Crippen LogP contribution in [-0.4, -0.2) is 28.0 Å². The Morgan fingerprint density at radius 3 is 2.81 bits per heavy atom. The highest BCUT2D eigenvalue weighted by Gasteiger charge is 2.22. The molecule has 0 atom stereocenters. The second kappa shape index (κ2) is 6.19. The molecule has 0 aliphatic carbocycles. The van der Waals surface area contributed by atoms with E-state index in [-0.39, 0.29) is 5.56 Å². The van der Waals surface area contributed by atoms with Gasteiger partial charge in [-0.1, -0.05) is 0 Å². The van der Waals surface area contributed by atoms with Gasteiger partial charge in [-0.3, -0.25) is 10.1 Å². The largest absolute Gasteiger partial charge is 0.477 e. The SMILES string of the molecule is CN(Cc1csc(Br)c1)c1cc(C(=O)O)c([N+](=O)[O-])cn1. The number of aromatic carboxylic acids is 1. The van der Waals surface area contributed by atoms with Crippen LogP contribution in [0, 0.1) is 10.1 Å². The van der Waals surface area contributed by atoms with Crippen LogP contribution in [0.1, 0.15) is 15.9 Å². The maximum Gasteiger partial charge on any atom is 0.342 e. The number of nitro groups is 1. The third-order valence-electron chi connectivity index (χ3n) is 2.73. The Kier molecular flexibility index (Phi) is 4.53. The van der Waals surface area contributed by atoms with Crippen molar-refractivity contribution in [1.82, 2.24) is 4.98 Å². The molecule has 0 aromatic carbocycles. The summed E-state index contributed by atoms with van der Waals surface area (Å²) in [6.45, 7) is 0.520. The van der Waals surface area contributed by atoms with Crippen LogP contribution < -0.4 is 4.90 Å². The molecule has 0 aliphatic heterocycles. The molecule has 21 heavy (non-hydrogen) atoms. The molecule has 0 amide bonds. The van der Waals surface area contributed by atoms with Gasteiger partial charge in [-0.15, -0.1) is 11.3 Å². The number of rotatable bonds is 5. The van der Waals surface area contributed by atoms with E-state index in [1.54, 1.807) is 23.3 Å². The van der Waals surface area contributed by atoms with Gasteiger partial charge in [0.25, 0.3) is 0 Å². The van der Waals surface area contributed by atoms with Crippen molar-refractivity contribution in [3.8, 4) is 0 Å². The summed E-state index contributed by atoms with van der Waals surface area (Å²) >= 11 is 4.91. The number of carbonyl (C=O) groups is 1. The minimum absolute atomic E-state index is 0.361. The molecule has 0 unspecified atom stereocenters. The fraction of sp³-hybridized carbons (Fsp3) is 0.167. The van der Waals surface area contributed by atoms with E-state index in [2.05, 4.69) is 20.9 Å². The zero-order valence-electron chi connectivity index (χ0n) is 10.8. The number of carboxylic acid groups (broad SMARTS) is 1. The van der Waals surface area contributed by atoms with Crippen LogP contribution in [-0.2, 0) is 6.54 Å². The molecule has 0 aliphatic rings. The van der Waals surface area contributed by atoms with Crippen molar-refractivity contribution >= 4 is 44.7 Å². The lowest BCUT2D eigenvalue weighted by Gasteiger charge is -2.17. The molecule has 2 heterocycles. The molecule has 0 radical (unpaired) electrons. The summed E-state index contributed by atoms with van der Waals surface area (Å²) in [6.07, 6.45) is 0.971. The number of thiophene rings is 1. The molecule has 0 saturated carbocycles. The first kappa shape index (κ1) is 15.4. The number of hydrogen-bond donors (Lipinski definition) is 1. The number of nitrogens with zero attached hydrogens (tertiary/aromatic N) is 3. The fourth-order valence-electron chi connectivity index (χ4n) is 1.75. The van der Waals surface area contributed by atoms with E-state index in [1.165, 1.54) is 6.07 Å². The molecular weight excluding hydrogens is 362 g/mol. The van der Waals surface area contributed by atoms with Gasteiger partial charge in [-0.05, 0) is 32.9 Å². The Balaban J connectivity index is 2.29. The molecule has 0 bridgehead atoms. The van der Waals surface area contributed by atoms with Crippen LogP contribution in [0.4, 0.5) is 11.5 Å². The maximum atomic E-state index is 11.1. The average Bonchev–Trinajstić information content (AvgIpc) is 2.83. The molecular formula is C12H10BrN3O4S. The molecule has 110 valence electrons. The minimum Gasteiger partial charge on any atom is -0.477 e. The minimum atomic E-state index is -1.35. The second-order valence-electron chi connectivity index (χ2n) is 4.24. The highest BCUT2D eigenvalue weighted by molar-refractivity contribution is 9.11. The van der Waals surface area contributed by atoms with Crippen molar-refractivity contribution in [2.24, 2.45) is 0 Å². The number of anilines is 1. The van der Waals surface area contributed by atoms with Crippen LogP contribution >= 0.6 is 27.3 Å². The van der Waals surface area contributed by atoms with Gasteiger partial charge in [0.1, 0.15) is 17.6 Å². The van der Waals surface area contributed by atoms with Gasteiger partial charge in [0.15, 0.2) is 0 Å². The Morgan fingerprint density at radius 2 is 2.29 bits per heavy atom. The molecule has 2 aromatic heterocycles. The summed E-state index contributed by atoms with van der Waals surface area (Å²) in [4.78, 5) is 26.8. The average molecular weight is 372 g/mol. The third kappa shape index (κ3) is 3.56. The number of pyridine rings is 1. The first-order chi connectivity index (χ1) is 9.88. The second-order valence-corrected chi connectivity index (χ2v) is 6.53. The summed E-state index contributed by atoms with van der Waals surface area (Å²) in [5, 5.41) is 21.8. The predicted molar refractivity (Wildman–Crippen MR) is 82.0 cm³/mol. The van der Waals surface area contributed by atoms with Crippen LogP contribution in [0.2, 0.25) is 0 Å². The summed E-state index contributed by atoms with van der Waals surface area (Å²) < 4.78 is 0.994. The molecule has 9 heteroatoms. The fourth-order valence-corrected chi connectivity index (χ4v) is 2.95. The highest BCUT2D eigenvalue weighted by atomic mass is 79.9. The molecule has 1 N–H and O–H groups in total. The molecule has 2 rings (SSSR count). The number of aromatic nitrogens is 1. The van der Waals surface area contributed by atoms with Crippen molar-refractivity contribution in [3.05, 3.63) is 48.7 Å². The summed E-state index contributed by atoms with van der Waals surface area (Å²) in [5.41, 5.74) is 0.146. The number of carboxylic acids is 1. The maximum absolute atomic E-state index is 11.1. The van der Waals surface area contributed by atoms with Crippen LogP contribution in [0.25, 0.3) is 0 Å². The van der Waals surface area contributed by atoms with Crippen molar-refractivity contribution in [2.75, 3.05) is 11.9 Å². The molecule has 0 fully saturated rings. The van der Waals surface area contributed by atoms with Gasteiger partial charge in [0.05, 0.1) is 8.71 Å². The number of hydrogen-bond acceptors (Lipinski definition) is 6. The van der Waals surface area contributed by atoms with Gasteiger partial charge in [-0.2, -0.15) is 0 Å². The first-order valence-electron chi connectivity index (χ1n) is 5.70. The normalized spacial score (nSPS) is 10.4. The van der Waals surface area contributed by atoms with Crippen molar-refractivity contribution < 1.29 is 14.8 Å². The zero-order chi connectivity index (χ0) is 15.6. The van der Waals surface area contributed by atoms with Crippen LogP contribution in [0.3, 0.4) is 0 Å². The molecule has 2 aromatic rings. The number of halogens is 1. The summed E-state index contributed by atoms with van der Waals surface area (Å²) in [6, 6.07) is 3.16. The smallest absolute Gasteiger partial charge is 0.342 e. The van der Waals surface area contributed by atoms with Crippen molar-refractivity contribution in [2.45, 2.75) is 6.54 Å². The summed E-state index contributed by atoms with van der Waals surface area (Å²) in [7, 11) is 1.74. The Bertz CT molecular complexity index is 704. The van der Waals surface area contributed by atoms with E-state index >= 15 is 0 Å². The Labute approximate surface area is 132 Å². The van der Waals surface area contributed by atoms with Crippen LogP contribution in [0.15, 0.2) is 27.5 Å². The molecule has 0 saturated heterocycles. The highest BCUT2D eigenvalue weighted by Crippen LogP contribution is 2.25. The van der Waals surface area contributed by atoms with E-state index in [9.17, 15) is 14.9 Å². The lowest BCUT2D eigenvalue weighted by Crippen LogP contribution is -2.18. The lowest BCUT2D eigenvalue weighted by atomic mass is 10.2. The first-order valence-corrected chi connectivity index (χ1v) is 7.37. The van der Waals surface area contributed by atoms with Gasteiger partial charge in [0, 0.05) is 19.7 Å². The standard InChI is InChI=1S/C12H10BrN3O4S/c1-15(5-7-2-10(13)21-6-7)11-3-8(12(17)18)9(4-14-11)16(19)20/h2-4,6H,5H2,1H3,(H,17,18). The quantitative estimate of drug-likeness (QED) is 0.640. The lowest BCUT2D eigenvalue weighted by molar-refractivity contribution is -0.385. The Hall–Kier alpha value is -2.00. The molecule has 0 spiro atoms. The summed E-state index contributed by atoms with van der Waals surface area (Å²) in [5.74, 6) is -0.989. The topological polar surface area (TPSA) is 96.6 Å². The third-order valence-corrected chi connectivity index (χ3v) is 4.28. The van der Waals surface area contributed by atoms with Crippen molar-refractivity contribution in [1.29, 1.82) is 0 Å². The zero-order valence-corrected chi connectivity index (χ0v) is 13.2. The van der Waals surface area contributed by atoms with E-state index in [0.717, 1.165) is 15.5 Å². The Morgan fingerprint density at radius 1 is 1.57 bits per heavy atom. The van der Waals surface area contributed by atoms with Gasteiger partial charge in [-0.25, -0.2) is 9.78 Å². The van der Waals surface area contributed by atoms with E-state index in [0.29, 0.717) is 12.4 Å². The monoisotopic (exact) mass is 371 g/mol. The predicted octanol–water partition coefficient (Wildman–Crippen LogP) is 3.15. The van der Waals surface area contributed by atoms with Gasteiger partial charge in [0.2, 0.25) is 0 Å². The van der Waals surface area contributed by atoms with E-state index < -0.39 is 16.6 Å². The van der Waals surface area contributed by atoms with Gasteiger partial charge < -0.3 is 10.0 Å². The molecule has 7 nitrogen and oxygen atoms in total. The van der Waals surface area contributed by atoms with Crippen molar-refractivity contribution in [3.63, 3.8) is 0 Å². The van der Waals surface area contributed by atoms with E-state index in [4.69, 9.17) is 5.11 Å². The van der Waals surface area contributed by atoms with Gasteiger partial charge >= 0.3 is 11.7 Å². The van der Waals surface area contributed by atoms with Crippen LogP contribution in [0.5, 0.6) is 0 Å².